The standard InChI is InChI=1S/C16H17BrO3/c1-10(2)20-15-8-13(14(18)9-17)16(19-3)12-7-5-4-6-11(12)15/h4-8,10H,9H2,1-3H3. The zero-order chi connectivity index (χ0) is 14.7. The van der Waals surface area contributed by atoms with Gasteiger partial charge in [-0.1, -0.05) is 40.2 Å². The first-order chi connectivity index (χ1) is 9.58. The molecule has 0 atom stereocenters. The van der Waals surface area contributed by atoms with Gasteiger partial charge in [-0.3, -0.25) is 4.79 Å². The van der Waals surface area contributed by atoms with Crippen molar-refractivity contribution in [3.8, 4) is 11.5 Å². The molecule has 2 rings (SSSR count). The minimum atomic E-state index is -0.0267. The predicted octanol–water partition coefficient (Wildman–Crippen LogP) is 4.21. The third-order valence-electron chi connectivity index (χ3n) is 2.95. The maximum atomic E-state index is 12.1. The highest BCUT2D eigenvalue weighted by Crippen LogP contribution is 2.37. The summed E-state index contributed by atoms with van der Waals surface area (Å²) in [5.74, 6) is 1.28. The van der Waals surface area contributed by atoms with Crippen LogP contribution in [0.4, 0.5) is 0 Å². The van der Waals surface area contributed by atoms with Crippen molar-refractivity contribution in [2.24, 2.45) is 0 Å². The number of hydrogen-bond acceptors (Lipinski definition) is 3. The summed E-state index contributed by atoms with van der Waals surface area (Å²) >= 11 is 3.21. The number of alkyl halides is 1. The summed E-state index contributed by atoms with van der Waals surface area (Å²) in [6.07, 6.45) is 0.0405. The molecule has 0 bridgehead atoms. The van der Waals surface area contributed by atoms with Crippen LogP contribution in [0.1, 0.15) is 24.2 Å². The number of Topliss-reactive ketones (excluding diaryl/α,β-unsaturated/α-hetero) is 1. The zero-order valence-corrected chi connectivity index (χ0v) is 13.4. The second-order valence-electron chi connectivity index (χ2n) is 4.72. The Bertz CT molecular complexity index is 635. The van der Waals surface area contributed by atoms with Crippen LogP contribution in [0.3, 0.4) is 0 Å². The SMILES string of the molecule is COc1c(C(=O)CBr)cc(OC(C)C)c2ccccc12. The van der Waals surface area contributed by atoms with Crippen LogP contribution in [0.25, 0.3) is 10.8 Å². The Kier molecular flexibility index (Phi) is 4.65. The van der Waals surface area contributed by atoms with E-state index in [4.69, 9.17) is 9.47 Å². The molecule has 2 aromatic rings. The van der Waals surface area contributed by atoms with E-state index in [-0.39, 0.29) is 17.2 Å². The number of ketones is 1. The van der Waals surface area contributed by atoms with Crippen molar-refractivity contribution < 1.29 is 14.3 Å². The minimum Gasteiger partial charge on any atom is -0.495 e. The maximum Gasteiger partial charge on any atom is 0.177 e. The number of ether oxygens (including phenoxy) is 2. The van der Waals surface area contributed by atoms with Gasteiger partial charge in [0.25, 0.3) is 0 Å². The molecule has 0 saturated carbocycles. The molecule has 0 aromatic heterocycles. The summed E-state index contributed by atoms with van der Waals surface area (Å²) in [6, 6.07) is 9.54. The Morgan fingerprint density at radius 1 is 1.25 bits per heavy atom. The normalized spacial score (nSPS) is 10.8. The van der Waals surface area contributed by atoms with Gasteiger partial charge in [-0.2, -0.15) is 0 Å². The van der Waals surface area contributed by atoms with Crippen molar-refractivity contribution in [2.75, 3.05) is 12.4 Å². The summed E-state index contributed by atoms with van der Waals surface area (Å²) in [4.78, 5) is 12.1. The smallest absolute Gasteiger partial charge is 0.177 e. The van der Waals surface area contributed by atoms with E-state index < -0.39 is 0 Å². The Labute approximate surface area is 127 Å². The fourth-order valence-corrected chi connectivity index (χ4v) is 2.47. The van der Waals surface area contributed by atoms with Gasteiger partial charge in [0.1, 0.15) is 11.5 Å². The highest BCUT2D eigenvalue weighted by molar-refractivity contribution is 9.09. The number of halogens is 1. The Morgan fingerprint density at radius 3 is 2.45 bits per heavy atom. The van der Waals surface area contributed by atoms with Crippen LogP contribution in [0.15, 0.2) is 30.3 Å². The van der Waals surface area contributed by atoms with Gasteiger partial charge >= 0.3 is 0 Å². The van der Waals surface area contributed by atoms with Gasteiger partial charge in [-0.05, 0) is 19.9 Å². The van der Waals surface area contributed by atoms with E-state index >= 15 is 0 Å². The lowest BCUT2D eigenvalue weighted by molar-refractivity contribution is 0.102. The summed E-state index contributed by atoms with van der Waals surface area (Å²) in [7, 11) is 1.58. The van der Waals surface area contributed by atoms with Crippen molar-refractivity contribution in [2.45, 2.75) is 20.0 Å². The van der Waals surface area contributed by atoms with Crippen molar-refractivity contribution in [3.05, 3.63) is 35.9 Å². The van der Waals surface area contributed by atoms with Gasteiger partial charge in [0.05, 0.1) is 24.1 Å². The van der Waals surface area contributed by atoms with Crippen LogP contribution >= 0.6 is 15.9 Å². The Hall–Kier alpha value is -1.55. The van der Waals surface area contributed by atoms with E-state index in [9.17, 15) is 4.79 Å². The summed E-state index contributed by atoms with van der Waals surface area (Å²) in [5.41, 5.74) is 0.540. The molecule has 0 heterocycles. The van der Waals surface area contributed by atoms with Gasteiger partial charge in [0, 0.05) is 10.8 Å². The molecule has 0 amide bonds. The molecular formula is C16H17BrO3. The van der Waals surface area contributed by atoms with E-state index in [1.165, 1.54) is 0 Å². The molecule has 0 saturated heterocycles. The van der Waals surface area contributed by atoms with Crippen LogP contribution in [0.2, 0.25) is 0 Å². The molecule has 0 aliphatic heterocycles. The van der Waals surface area contributed by atoms with Gasteiger partial charge in [-0.25, -0.2) is 0 Å². The summed E-state index contributed by atoms with van der Waals surface area (Å²) in [5, 5.41) is 2.09. The van der Waals surface area contributed by atoms with Crippen LogP contribution in [-0.2, 0) is 0 Å². The molecule has 0 unspecified atom stereocenters. The highest BCUT2D eigenvalue weighted by atomic mass is 79.9. The first-order valence-corrected chi connectivity index (χ1v) is 7.56. The molecule has 2 aromatic carbocycles. The van der Waals surface area contributed by atoms with Crippen molar-refractivity contribution >= 4 is 32.5 Å². The summed E-state index contributed by atoms with van der Waals surface area (Å²) in [6.45, 7) is 3.93. The lowest BCUT2D eigenvalue weighted by Gasteiger charge is -2.17. The average molecular weight is 337 g/mol. The molecule has 20 heavy (non-hydrogen) atoms. The number of methoxy groups -OCH3 is 1. The van der Waals surface area contributed by atoms with Gasteiger partial charge in [-0.15, -0.1) is 0 Å². The number of benzene rings is 2. The predicted molar refractivity (Wildman–Crippen MR) is 84.4 cm³/mol. The molecule has 0 N–H and O–H groups in total. The Morgan fingerprint density at radius 2 is 1.90 bits per heavy atom. The quantitative estimate of drug-likeness (QED) is 0.606. The Balaban J connectivity index is 2.76. The number of hydrogen-bond donors (Lipinski definition) is 0. The monoisotopic (exact) mass is 336 g/mol. The van der Waals surface area contributed by atoms with E-state index in [0.29, 0.717) is 17.1 Å². The molecule has 0 aliphatic carbocycles. The lowest BCUT2D eigenvalue weighted by Crippen LogP contribution is -2.09. The maximum absolute atomic E-state index is 12.1. The van der Waals surface area contributed by atoms with Crippen LogP contribution in [-0.4, -0.2) is 24.3 Å². The second-order valence-corrected chi connectivity index (χ2v) is 5.29. The molecule has 4 heteroatoms. The highest BCUT2D eigenvalue weighted by Gasteiger charge is 2.18. The number of carbonyl (C=O) groups excluding carboxylic acids is 1. The molecule has 0 aliphatic rings. The lowest BCUT2D eigenvalue weighted by atomic mass is 10.0. The molecule has 106 valence electrons. The first kappa shape index (κ1) is 14.9. The third-order valence-corrected chi connectivity index (χ3v) is 3.46. The van der Waals surface area contributed by atoms with Gasteiger partial charge in [0.15, 0.2) is 5.78 Å². The largest absolute Gasteiger partial charge is 0.495 e. The molecular weight excluding hydrogens is 320 g/mol. The minimum absolute atomic E-state index is 0.0267. The van der Waals surface area contributed by atoms with E-state index in [1.807, 2.05) is 38.1 Å². The van der Waals surface area contributed by atoms with Crippen molar-refractivity contribution in [1.82, 2.24) is 0 Å². The first-order valence-electron chi connectivity index (χ1n) is 6.44. The number of rotatable bonds is 5. The fourth-order valence-electron chi connectivity index (χ4n) is 2.17. The second kappa shape index (κ2) is 6.27. The average Bonchev–Trinajstić information content (AvgIpc) is 2.45. The van der Waals surface area contributed by atoms with E-state index in [2.05, 4.69) is 15.9 Å². The fraction of sp³-hybridized carbons (Fsp3) is 0.312. The van der Waals surface area contributed by atoms with Crippen LogP contribution in [0.5, 0.6) is 11.5 Å². The molecule has 3 nitrogen and oxygen atoms in total. The third kappa shape index (κ3) is 2.80. The molecule has 0 radical (unpaired) electrons. The zero-order valence-electron chi connectivity index (χ0n) is 11.8. The van der Waals surface area contributed by atoms with Gasteiger partial charge in [0.2, 0.25) is 0 Å². The van der Waals surface area contributed by atoms with Crippen LogP contribution < -0.4 is 9.47 Å². The van der Waals surface area contributed by atoms with Crippen molar-refractivity contribution in [3.63, 3.8) is 0 Å². The molecule has 0 spiro atoms. The van der Waals surface area contributed by atoms with Crippen molar-refractivity contribution in [1.29, 1.82) is 0 Å². The number of carbonyl (C=O) groups is 1. The molecule has 0 fully saturated rings. The summed E-state index contributed by atoms with van der Waals surface area (Å²) < 4.78 is 11.3. The van der Waals surface area contributed by atoms with E-state index in [0.717, 1.165) is 10.8 Å². The topological polar surface area (TPSA) is 35.5 Å². The van der Waals surface area contributed by atoms with Gasteiger partial charge < -0.3 is 9.47 Å². The van der Waals surface area contributed by atoms with E-state index in [1.54, 1.807) is 13.2 Å². The van der Waals surface area contributed by atoms with Crippen LogP contribution in [0, 0.1) is 0 Å². The number of fused-ring (bicyclic) bond motifs is 1.